The molecule has 1 saturated heterocycles. The summed E-state index contributed by atoms with van der Waals surface area (Å²) in [6.45, 7) is 3.66. The van der Waals surface area contributed by atoms with E-state index in [0.29, 0.717) is 0 Å². The van der Waals surface area contributed by atoms with Crippen molar-refractivity contribution < 1.29 is 36.2 Å². The smallest absolute Gasteiger partial charge is 0.128 e. The van der Waals surface area contributed by atoms with Crippen LogP contribution in [0.3, 0.4) is 0 Å². The van der Waals surface area contributed by atoms with Gasteiger partial charge in [-0.05, 0) is 25.0 Å². The molecule has 1 aromatic rings. The summed E-state index contributed by atoms with van der Waals surface area (Å²) in [6.07, 6.45) is 2.54. The van der Waals surface area contributed by atoms with E-state index in [1.54, 1.807) is 0 Å². The van der Waals surface area contributed by atoms with Gasteiger partial charge in [-0.3, -0.25) is 0 Å². The van der Waals surface area contributed by atoms with Gasteiger partial charge in [0.2, 0.25) is 0 Å². The Hall–Kier alpha value is -0.0381. The number of β-amino-alcohol motifs (C(OH)–C–C–N with tert-alkyl or cyclic N) is 1. The normalized spacial score (nSPS) is 20.7. The number of aliphatic hydroxyl groups is 1. The topological polar surface area (TPSA) is 36.4 Å². The van der Waals surface area contributed by atoms with Crippen molar-refractivity contribution in [2.45, 2.75) is 19.4 Å². The average Bonchev–Trinajstić information content (AvgIpc) is 2.53. The molecule has 1 aliphatic rings. The van der Waals surface area contributed by atoms with Crippen LogP contribution in [0.2, 0.25) is 0 Å². The van der Waals surface area contributed by atoms with E-state index in [1.165, 1.54) is 5.56 Å². The summed E-state index contributed by atoms with van der Waals surface area (Å²) in [4.78, 5) is 6.42. The molecule has 0 saturated carbocycles. The van der Waals surface area contributed by atoms with Gasteiger partial charge in [0, 0.05) is 50.4 Å². The Morgan fingerprint density at radius 2 is 2.29 bits per heavy atom. The Bertz CT molecular complexity index is 289. The monoisotopic (exact) mass is 416 g/mol. The predicted octanol–water partition coefficient (Wildman–Crippen LogP) is 0.961. The Labute approximate surface area is 108 Å². The van der Waals surface area contributed by atoms with Gasteiger partial charge in [-0.25, -0.2) is 4.98 Å². The molecule has 0 spiro atoms. The molecule has 2 rings (SSSR count). The van der Waals surface area contributed by atoms with Crippen LogP contribution in [0, 0.1) is 38.0 Å². The number of nitrogens with zero attached hydrogens (tertiary/aromatic N) is 2. The second-order valence-electron chi connectivity index (χ2n) is 3.58. The van der Waals surface area contributed by atoms with Crippen LogP contribution in [0.25, 0.3) is 0 Å². The maximum atomic E-state index is 9.35. The van der Waals surface area contributed by atoms with E-state index in [1.807, 2.05) is 25.3 Å². The zero-order valence-electron chi connectivity index (χ0n) is 8.27. The summed E-state index contributed by atoms with van der Waals surface area (Å²) in [7, 11) is 0. The van der Waals surface area contributed by atoms with Crippen molar-refractivity contribution in [3.8, 4) is 0 Å². The minimum absolute atomic E-state index is 0. The third-order valence-electron chi connectivity index (χ3n) is 2.38. The van der Waals surface area contributed by atoms with Crippen molar-refractivity contribution in [1.29, 1.82) is 0 Å². The van der Waals surface area contributed by atoms with Gasteiger partial charge in [0.05, 0.1) is 6.10 Å². The Balaban J connectivity index is 0.000000980. The molecular formula is C10H14N2OU. The number of hydrogen-bond donors (Lipinski definition) is 1. The molecule has 1 fully saturated rings. The first-order valence-electron chi connectivity index (χ1n) is 4.61. The molecule has 2 heterocycles. The fourth-order valence-corrected chi connectivity index (χ4v) is 1.60. The molecule has 4 heteroatoms. The molecule has 1 aromatic heterocycles. The molecule has 0 aliphatic carbocycles. The fraction of sp³-hybridized carbons (Fsp3) is 0.500. The van der Waals surface area contributed by atoms with Crippen molar-refractivity contribution in [1.82, 2.24) is 4.98 Å². The first-order valence-corrected chi connectivity index (χ1v) is 4.61. The molecule has 1 aliphatic heterocycles. The van der Waals surface area contributed by atoms with Crippen LogP contribution in [0.15, 0.2) is 18.3 Å². The maximum absolute atomic E-state index is 9.35. The predicted molar refractivity (Wildman–Crippen MR) is 51.8 cm³/mol. The first-order chi connectivity index (χ1) is 6.25. The van der Waals surface area contributed by atoms with E-state index in [2.05, 4.69) is 9.88 Å². The number of pyridine rings is 1. The van der Waals surface area contributed by atoms with Crippen LogP contribution < -0.4 is 4.90 Å². The van der Waals surface area contributed by atoms with Crippen molar-refractivity contribution in [2.24, 2.45) is 0 Å². The number of aliphatic hydroxyl groups excluding tert-OH is 1. The molecule has 1 unspecified atom stereocenters. The Morgan fingerprint density at radius 1 is 1.50 bits per heavy atom. The summed E-state index contributed by atoms with van der Waals surface area (Å²) >= 11 is 0. The van der Waals surface area contributed by atoms with Gasteiger partial charge in [-0.15, -0.1) is 0 Å². The minimum atomic E-state index is -0.178. The number of hydrogen-bond acceptors (Lipinski definition) is 3. The molecule has 0 aromatic carbocycles. The van der Waals surface area contributed by atoms with Crippen molar-refractivity contribution in [3.63, 3.8) is 0 Å². The fourth-order valence-electron chi connectivity index (χ4n) is 1.60. The largest absolute Gasteiger partial charge is 0.391 e. The second-order valence-corrected chi connectivity index (χ2v) is 3.58. The minimum Gasteiger partial charge on any atom is -0.391 e. The van der Waals surface area contributed by atoms with Crippen molar-refractivity contribution in [3.05, 3.63) is 23.9 Å². The SMILES string of the molecule is Cc1ccc(N2CCC(O)C2)nc1.[U]. The Morgan fingerprint density at radius 3 is 2.79 bits per heavy atom. The molecule has 14 heavy (non-hydrogen) atoms. The number of anilines is 1. The molecule has 1 N–H and O–H groups in total. The molecule has 74 valence electrons. The van der Waals surface area contributed by atoms with Crippen LogP contribution in [-0.2, 0) is 0 Å². The number of aromatic nitrogens is 1. The third kappa shape index (κ3) is 2.73. The molecule has 0 radical (unpaired) electrons. The van der Waals surface area contributed by atoms with E-state index in [4.69, 9.17) is 0 Å². The average molecular weight is 416 g/mol. The van der Waals surface area contributed by atoms with Crippen molar-refractivity contribution >= 4 is 5.82 Å². The van der Waals surface area contributed by atoms with Gasteiger partial charge in [-0.2, -0.15) is 0 Å². The molecular weight excluding hydrogens is 402 g/mol. The number of rotatable bonds is 1. The molecule has 1 atom stereocenters. The van der Waals surface area contributed by atoms with E-state index in [9.17, 15) is 5.11 Å². The summed E-state index contributed by atoms with van der Waals surface area (Å²) in [5.74, 6) is 0.974. The standard InChI is InChI=1S/C10H14N2O.U/c1-8-2-3-10(11-6-8)12-5-4-9(13)7-12;/h2-3,6,9,13H,4-5,7H2,1H3;. The summed E-state index contributed by atoms with van der Waals surface area (Å²) in [5.41, 5.74) is 1.17. The van der Waals surface area contributed by atoms with Gasteiger partial charge < -0.3 is 10.0 Å². The van der Waals surface area contributed by atoms with Crippen LogP contribution in [0.5, 0.6) is 0 Å². The molecule has 0 amide bonds. The quantitative estimate of drug-likeness (QED) is 0.742. The van der Waals surface area contributed by atoms with Crippen LogP contribution in [-0.4, -0.2) is 29.3 Å². The molecule has 0 bridgehead atoms. The third-order valence-corrected chi connectivity index (χ3v) is 2.38. The van der Waals surface area contributed by atoms with E-state index >= 15 is 0 Å². The first kappa shape index (κ1) is 12.0. The number of aryl methyl sites for hydroxylation is 1. The summed E-state index contributed by atoms with van der Waals surface area (Å²) in [5, 5.41) is 9.35. The van der Waals surface area contributed by atoms with Gasteiger partial charge in [-0.1, -0.05) is 6.07 Å². The summed E-state index contributed by atoms with van der Waals surface area (Å²) in [6, 6.07) is 4.06. The van der Waals surface area contributed by atoms with Gasteiger partial charge in [0.25, 0.3) is 0 Å². The van der Waals surface area contributed by atoms with Crippen LogP contribution in [0.4, 0.5) is 5.82 Å². The van der Waals surface area contributed by atoms with E-state index in [0.717, 1.165) is 25.3 Å². The Kier molecular flexibility index (Phi) is 4.43. The van der Waals surface area contributed by atoms with Gasteiger partial charge in [0.15, 0.2) is 0 Å². The zero-order valence-corrected chi connectivity index (χ0v) is 12.4. The van der Waals surface area contributed by atoms with Crippen LogP contribution in [0.1, 0.15) is 12.0 Å². The molecule has 3 nitrogen and oxygen atoms in total. The second kappa shape index (κ2) is 5.16. The van der Waals surface area contributed by atoms with Crippen LogP contribution >= 0.6 is 0 Å². The van der Waals surface area contributed by atoms with Gasteiger partial charge >= 0.3 is 0 Å². The van der Waals surface area contributed by atoms with Crippen molar-refractivity contribution in [2.75, 3.05) is 18.0 Å². The van der Waals surface area contributed by atoms with E-state index in [-0.39, 0.29) is 37.2 Å². The van der Waals surface area contributed by atoms with Gasteiger partial charge in [0.1, 0.15) is 5.82 Å². The zero-order chi connectivity index (χ0) is 9.26. The van der Waals surface area contributed by atoms with E-state index < -0.39 is 0 Å². The summed E-state index contributed by atoms with van der Waals surface area (Å²) < 4.78 is 0. The maximum Gasteiger partial charge on any atom is 0.128 e.